The summed E-state index contributed by atoms with van der Waals surface area (Å²) in [5.74, 6) is 0.436. The predicted molar refractivity (Wildman–Crippen MR) is 121 cm³/mol. The normalized spacial score (nSPS) is 13.5. The maximum absolute atomic E-state index is 12.7. The number of pyridine rings is 1. The summed E-state index contributed by atoms with van der Waals surface area (Å²) < 4.78 is 7.93. The van der Waals surface area contributed by atoms with Gasteiger partial charge in [-0.15, -0.1) is 0 Å². The molecule has 3 aromatic rings. The average Bonchev–Trinajstić information content (AvgIpc) is 3.14. The molecule has 0 aliphatic heterocycles. The van der Waals surface area contributed by atoms with Crippen LogP contribution < -0.4 is 10.1 Å². The van der Waals surface area contributed by atoms with Crippen molar-refractivity contribution in [3.05, 3.63) is 65.1 Å². The second-order valence-corrected chi connectivity index (χ2v) is 8.70. The third kappa shape index (κ3) is 4.90. The molecule has 162 valence electrons. The molecule has 0 radical (unpaired) electrons. The van der Waals surface area contributed by atoms with E-state index in [9.17, 15) is 4.79 Å². The first-order valence-electron chi connectivity index (χ1n) is 10.7. The van der Waals surface area contributed by atoms with Crippen LogP contribution in [0, 0.1) is 0 Å². The van der Waals surface area contributed by atoms with Crippen molar-refractivity contribution in [3.63, 3.8) is 0 Å². The van der Waals surface area contributed by atoms with Crippen LogP contribution in [0.15, 0.2) is 48.8 Å². The summed E-state index contributed by atoms with van der Waals surface area (Å²) in [4.78, 5) is 16.9. The van der Waals surface area contributed by atoms with Gasteiger partial charge in [0.15, 0.2) is 5.60 Å². The second kappa shape index (κ2) is 9.10. The molecule has 0 unspecified atom stereocenters. The minimum atomic E-state index is -1.00. The van der Waals surface area contributed by atoms with E-state index in [4.69, 9.17) is 21.4 Å². The predicted octanol–water partition coefficient (Wildman–Crippen LogP) is 4.45. The molecular formula is C24H27ClN4O2. The highest BCUT2D eigenvalue weighted by atomic mass is 35.5. The van der Waals surface area contributed by atoms with Crippen molar-refractivity contribution in [3.8, 4) is 17.0 Å². The van der Waals surface area contributed by atoms with Gasteiger partial charge in [0.25, 0.3) is 5.91 Å². The maximum atomic E-state index is 12.7. The molecule has 0 saturated carbocycles. The van der Waals surface area contributed by atoms with E-state index in [2.05, 4.69) is 15.0 Å². The van der Waals surface area contributed by atoms with Gasteiger partial charge in [-0.2, -0.15) is 5.10 Å². The van der Waals surface area contributed by atoms with Gasteiger partial charge >= 0.3 is 0 Å². The summed E-state index contributed by atoms with van der Waals surface area (Å²) in [5.41, 5.74) is 3.74. The Morgan fingerprint density at radius 2 is 1.84 bits per heavy atom. The Bertz CT molecular complexity index is 1050. The number of nitrogens with zero attached hydrogens (tertiary/aromatic N) is 3. The third-order valence-electron chi connectivity index (χ3n) is 5.55. The number of carbonyl (C=O) groups is 1. The number of nitrogens with one attached hydrogen (secondary N) is 1. The quantitative estimate of drug-likeness (QED) is 0.591. The van der Waals surface area contributed by atoms with Crippen molar-refractivity contribution >= 4 is 17.5 Å². The van der Waals surface area contributed by atoms with E-state index in [1.165, 1.54) is 24.1 Å². The van der Waals surface area contributed by atoms with Crippen LogP contribution in [-0.2, 0) is 24.2 Å². The number of hydrogen-bond donors (Lipinski definition) is 1. The molecule has 1 amide bonds. The molecule has 4 rings (SSSR count). The Morgan fingerprint density at radius 1 is 1.13 bits per heavy atom. The monoisotopic (exact) mass is 438 g/mol. The fraction of sp³-hybridized carbons (Fsp3) is 0.375. The lowest BCUT2D eigenvalue weighted by molar-refractivity contribution is -0.134. The van der Waals surface area contributed by atoms with Crippen LogP contribution in [0.5, 0.6) is 5.75 Å². The Kier molecular flexibility index (Phi) is 6.28. The third-order valence-corrected chi connectivity index (χ3v) is 5.81. The minimum Gasteiger partial charge on any atom is -0.478 e. The Hall–Kier alpha value is -2.86. The number of benzene rings is 1. The van der Waals surface area contributed by atoms with Crippen molar-refractivity contribution < 1.29 is 9.53 Å². The van der Waals surface area contributed by atoms with Crippen LogP contribution in [0.1, 0.15) is 37.9 Å². The minimum absolute atomic E-state index is 0.169. The lowest BCUT2D eigenvalue weighted by atomic mass is 9.94. The lowest BCUT2D eigenvalue weighted by Crippen LogP contribution is -2.47. The topological polar surface area (TPSA) is 69.0 Å². The van der Waals surface area contributed by atoms with Crippen LogP contribution >= 0.6 is 11.6 Å². The van der Waals surface area contributed by atoms with Gasteiger partial charge in [0.05, 0.1) is 12.2 Å². The summed E-state index contributed by atoms with van der Waals surface area (Å²) in [6.45, 7) is 4.62. The molecule has 0 atom stereocenters. The van der Waals surface area contributed by atoms with Gasteiger partial charge in [-0.3, -0.25) is 14.5 Å². The van der Waals surface area contributed by atoms with E-state index in [0.717, 1.165) is 24.1 Å². The summed E-state index contributed by atoms with van der Waals surface area (Å²) in [5, 5.41) is 8.52. The van der Waals surface area contributed by atoms with Crippen LogP contribution in [-0.4, -0.2) is 32.8 Å². The summed E-state index contributed by atoms with van der Waals surface area (Å²) in [6.07, 6.45) is 8.01. The number of amides is 1. The summed E-state index contributed by atoms with van der Waals surface area (Å²) in [6, 6.07) is 11.0. The number of halogens is 1. The number of hydrogen-bond acceptors (Lipinski definition) is 4. The Balaban J connectivity index is 1.42. The fourth-order valence-electron chi connectivity index (χ4n) is 3.93. The first-order chi connectivity index (χ1) is 14.9. The molecule has 0 fully saturated rings. The van der Waals surface area contributed by atoms with Crippen molar-refractivity contribution in [1.82, 2.24) is 20.1 Å². The van der Waals surface area contributed by atoms with E-state index in [1.54, 1.807) is 50.5 Å². The molecule has 31 heavy (non-hydrogen) atoms. The van der Waals surface area contributed by atoms with Crippen LogP contribution in [0.2, 0.25) is 5.02 Å². The summed E-state index contributed by atoms with van der Waals surface area (Å²) in [7, 11) is 0. The zero-order valence-corrected chi connectivity index (χ0v) is 18.7. The van der Waals surface area contributed by atoms with E-state index in [0.29, 0.717) is 23.9 Å². The molecule has 7 heteroatoms. The van der Waals surface area contributed by atoms with Gasteiger partial charge in [-0.25, -0.2) is 0 Å². The maximum Gasteiger partial charge on any atom is 0.263 e. The Labute approximate surface area is 187 Å². The number of aromatic nitrogens is 3. The zero-order valence-electron chi connectivity index (χ0n) is 17.9. The van der Waals surface area contributed by atoms with Gasteiger partial charge in [0.2, 0.25) is 0 Å². The molecule has 2 aromatic heterocycles. The molecule has 0 spiro atoms. The Morgan fingerprint density at radius 3 is 2.58 bits per heavy atom. The second-order valence-electron chi connectivity index (χ2n) is 8.26. The fourth-order valence-corrected chi connectivity index (χ4v) is 4.06. The van der Waals surface area contributed by atoms with Crippen LogP contribution in [0.25, 0.3) is 11.3 Å². The molecule has 2 heterocycles. The number of fused-ring (bicyclic) bond motifs is 1. The van der Waals surface area contributed by atoms with Gasteiger partial charge in [-0.1, -0.05) is 11.6 Å². The summed E-state index contributed by atoms with van der Waals surface area (Å²) >= 11 is 5.92. The van der Waals surface area contributed by atoms with Crippen molar-refractivity contribution in [2.24, 2.45) is 0 Å². The van der Waals surface area contributed by atoms with Crippen LogP contribution in [0.4, 0.5) is 0 Å². The van der Waals surface area contributed by atoms with E-state index < -0.39 is 5.60 Å². The molecule has 1 aliphatic carbocycles. The van der Waals surface area contributed by atoms with Gasteiger partial charge in [0.1, 0.15) is 5.75 Å². The molecule has 0 bridgehead atoms. The van der Waals surface area contributed by atoms with Crippen molar-refractivity contribution in [1.29, 1.82) is 0 Å². The van der Waals surface area contributed by atoms with Crippen molar-refractivity contribution in [2.45, 2.75) is 51.7 Å². The van der Waals surface area contributed by atoms with Crippen molar-refractivity contribution in [2.75, 3.05) is 6.54 Å². The molecular weight excluding hydrogens is 412 g/mol. The molecule has 6 nitrogen and oxygen atoms in total. The standard InChI is InChI=1S/C24H27ClN4O2/c1-24(2,31-19-9-7-18(25)8-10-19)23(30)27-15-16-29-21-6-4-3-5-20(21)22(28-29)17-11-13-26-14-12-17/h7-14H,3-6,15-16H2,1-2H3,(H,27,30). The van der Waals surface area contributed by atoms with Gasteiger partial charge in [0, 0.05) is 40.8 Å². The molecule has 1 N–H and O–H groups in total. The highest BCUT2D eigenvalue weighted by Crippen LogP contribution is 2.31. The lowest BCUT2D eigenvalue weighted by Gasteiger charge is -2.25. The first kappa shape index (κ1) is 21.4. The van der Waals surface area contributed by atoms with E-state index >= 15 is 0 Å². The van der Waals surface area contributed by atoms with E-state index in [1.807, 2.05) is 12.1 Å². The first-order valence-corrected chi connectivity index (χ1v) is 11.0. The number of rotatable bonds is 7. The SMILES string of the molecule is CC(C)(Oc1ccc(Cl)cc1)C(=O)NCCn1nc(-c2ccncc2)c2c1CCCC2. The molecule has 1 aliphatic rings. The van der Waals surface area contributed by atoms with Gasteiger partial charge < -0.3 is 10.1 Å². The average molecular weight is 439 g/mol. The smallest absolute Gasteiger partial charge is 0.263 e. The highest BCUT2D eigenvalue weighted by Gasteiger charge is 2.30. The zero-order chi connectivity index (χ0) is 21.8. The highest BCUT2D eigenvalue weighted by molar-refractivity contribution is 6.30. The number of carbonyl (C=O) groups excluding carboxylic acids is 1. The number of ether oxygens (including phenoxy) is 1. The van der Waals surface area contributed by atoms with E-state index in [-0.39, 0.29) is 5.91 Å². The molecule has 0 saturated heterocycles. The largest absolute Gasteiger partial charge is 0.478 e. The van der Waals surface area contributed by atoms with Crippen LogP contribution in [0.3, 0.4) is 0 Å². The molecule has 1 aromatic carbocycles. The van der Waals surface area contributed by atoms with Gasteiger partial charge in [-0.05, 0) is 75.9 Å².